The quantitative estimate of drug-likeness (QED) is 0.634. The molecule has 0 aromatic heterocycles. The van der Waals surface area contributed by atoms with E-state index in [9.17, 15) is 11.7 Å². The smallest absolute Gasteiger partial charge is 0.193 e. The number of halogens is 3. The molecule has 0 bridgehead atoms. The molecular weight excluding hydrogens is 163 g/mol. The Morgan fingerprint density at radius 3 is 1.80 bits per heavy atom. The predicted octanol–water partition coefficient (Wildman–Crippen LogP) is 3.09. The zero-order chi connectivity index (χ0) is 8.20. The maximum Gasteiger partial charge on any atom is 0.278 e. The molecule has 64 valence electrons. The summed E-state index contributed by atoms with van der Waals surface area (Å²) in [5.74, 6) is 0. The largest absolute Gasteiger partial charge is 0.278 e. The van der Waals surface area contributed by atoms with Crippen LogP contribution in [0.5, 0.6) is 0 Å². The minimum atomic E-state index is -4.94. The van der Waals surface area contributed by atoms with Crippen molar-refractivity contribution in [3.63, 3.8) is 0 Å². The maximum atomic E-state index is 11.9. The first kappa shape index (κ1) is 10.1. The second kappa shape index (κ2) is 4.08. The van der Waals surface area contributed by atoms with Crippen LogP contribution in [0.1, 0.15) is 20.3 Å². The summed E-state index contributed by atoms with van der Waals surface area (Å²) in [6.07, 6.45) is 0.556. The first-order valence-corrected chi connectivity index (χ1v) is 4.48. The molecule has 1 nitrogen and oxygen atoms in total. The molecule has 0 atom stereocenters. The van der Waals surface area contributed by atoms with Gasteiger partial charge in [0.1, 0.15) is 0 Å². The summed E-state index contributed by atoms with van der Waals surface area (Å²) in [6.45, 7) is 3.48. The van der Waals surface area contributed by atoms with E-state index in [1.807, 2.05) is 0 Å². The van der Waals surface area contributed by atoms with Crippen LogP contribution >= 0.6 is 11.4 Å². The number of rotatable bonds is 4. The first-order valence-electron chi connectivity index (χ1n) is 3.19. The molecule has 0 heterocycles. The maximum absolute atomic E-state index is 11.9. The van der Waals surface area contributed by atoms with Crippen molar-refractivity contribution in [2.75, 3.05) is 13.1 Å². The van der Waals surface area contributed by atoms with E-state index in [2.05, 4.69) is 0 Å². The predicted molar refractivity (Wildman–Crippen MR) is 38.5 cm³/mol. The highest BCUT2D eigenvalue weighted by atomic mass is 32.3. The molecule has 0 amide bonds. The molecule has 0 N–H and O–H groups in total. The lowest BCUT2D eigenvalue weighted by Crippen LogP contribution is -2.21. The van der Waals surface area contributed by atoms with Gasteiger partial charge in [0.05, 0.1) is 0 Å². The Morgan fingerprint density at radius 2 is 1.70 bits per heavy atom. The molecule has 0 aliphatic rings. The monoisotopic (exact) mass is 175 g/mol. The van der Waals surface area contributed by atoms with Gasteiger partial charge in [-0.3, -0.25) is 0 Å². The number of hydrogen-bond acceptors (Lipinski definition) is 1. The van der Waals surface area contributed by atoms with Crippen molar-refractivity contribution in [2.24, 2.45) is 0 Å². The Kier molecular flexibility index (Phi) is 4.12. The highest BCUT2D eigenvalue weighted by Gasteiger charge is 2.28. The van der Waals surface area contributed by atoms with Crippen LogP contribution in [0, 0.1) is 0 Å². The summed E-state index contributed by atoms with van der Waals surface area (Å²) in [4.78, 5) is 0. The van der Waals surface area contributed by atoms with Gasteiger partial charge < -0.3 is 0 Å². The molecule has 0 spiro atoms. The van der Waals surface area contributed by atoms with Gasteiger partial charge in [0.25, 0.3) is 11.4 Å². The normalized spacial score (nSPS) is 14.2. The van der Waals surface area contributed by atoms with Crippen LogP contribution in [-0.2, 0) is 0 Å². The molecule has 10 heavy (non-hydrogen) atoms. The van der Waals surface area contributed by atoms with Crippen molar-refractivity contribution in [1.82, 2.24) is 4.31 Å². The van der Waals surface area contributed by atoms with Crippen molar-refractivity contribution < 1.29 is 11.7 Å². The van der Waals surface area contributed by atoms with Crippen molar-refractivity contribution in [1.29, 1.82) is 0 Å². The van der Waals surface area contributed by atoms with Gasteiger partial charge in [-0.15, -0.1) is 11.7 Å². The van der Waals surface area contributed by atoms with Crippen LogP contribution in [0.15, 0.2) is 0 Å². The molecule has 0 saturated carbocycles. The molecule has 0 fully saturated rings. The molecule has 0 aliphatic heterocycles. The number of nitrogens with zero attached hydrogens (tertiary/aromatic N) is 1. The lowest BCUT2D eigenvalue weighted by Gasteiger charge is -2.24. The Morgan fingerprint density at radius 1 is 1.20 bits per heavy atom. The van der Waals surface area contributed by atoms with E-state index in [0.717, 1.165) is 0 Å². The summed E-state index contributed by atoms with van der Waals surface area (Å²) in [5.41, 5.74) is 0. The molecule has 0 aliphatic carbocycles. The Hall–Kier alpha value is 0.100. The Bertz CT molecular complexity index is 93.4. The van der Waals surface area contributed by atoms with Crippen molar-refractivity contribution >= 4 is 11.4 Å². The molecular formula is C5H12F3NS. The summed E-state index contributed by atoms with van der Waals surface area (Å²) in [5, 5.41) is 0. The second-order valence-corrected chi connectivity index (χ2v) is 3.18. The van der Waals surface area contributed by atoms with Crippen LogP contribution in [-0.4, -0.2) is 17.4 Å². The van der Waals surface area contributed by atoms with Gasteiger partial charge in [0, 0.05) is 13.1 Å². The van der Waals surface area contributed by atoms with Gasteiger partial charge in [0.15, 0.2) is 0 Å². The average molecular weight is 175 g/mol. The molecule has 0 aromatic rings. The summed E-state index contributed by atoms with van der Waals surface area (Å²) in [7, 11) is 0. The third kappa shape index (κ3) is 3.31. The second-order valence-electron chi connectivity index (χ2n) is 1.90. The van der Waals surface area contributed by atoms with Crippen molar-refractivity contribution in [3.05, 3.63) is 0 Å². The zero-order valence-electron chi connectivity index (χ0n) is 6.11. The van der Waals surface area contributed by atoms with E-state index >= 15 is 0 Å². The van der Waals surface area contributed by atoms with Gasteiger partial charge in [-0.2, -0.15) is 4.31 Å². The van der Waals surface area contributed by atoms with Gasteiger partial charge >= 0.3 is 0 Å². The third-order valence-corrected chi connectivity index (χ3v) is 2.14. The molecule has 0 unspecified atom stereocenters. The summed E-state index contributed by atoms with van der Waals surface area (Å²) >= 11 is -4.94. The van der Waals surface area contributed by atoms with Crippen LogP contribution in [0.3, 0.4) is 0 Å². The third-order valence-electron chi connectivity index (χ3n) is 1.12. The van der Waals surface area contributed by atoms with Gasteiger partial charge in [-0.05, 0) is 6.42 Å². The van der Waals surface area contributed by atoms with E-state index in [-0.39, 0.29) is 13.1 Å². The first-order chi connectivity index (χ1) is 4.52. The van der Waals surface area contributed by atoms with Gasteiger partial charge in [-0.1, -0.05) is 13.8 Å². The Balaban J connectivity index is 3.81. The van der Waals surface area contributed by atoms with E-state index in [0.29, 0.717) is 10.7 Å². The molecule has 0 aromatic carbocycles. The van der Waals surface area contributed by atoms with Crippen LogP contribution in [0.2, 0.25) is 0 Å². The summed E-state index contributed by atoms with van der Waals surface area (Å²) in [6, 6.07) is 0. The van der Waals surface area contributed by atoms with Gasteiger partial charge in [-0.25, -0.2) is 0 Å². The van der Waals surface area contributed by atoms with E-state index in [1.54, 1.807) is 6.92 Å². The van der Waals surface area contributed by atoms with Crippen molar-refractivity contribution in [3.8, 4) is 0 Å². The van der Waals surface area contributed by atoms with Crippen LogP contribution in [0.4, 0.5) is 11.7 Å². The molecule has 0 rings (SSSR count). The minimum Gasteiger partial charge on any atom is -0.193 e. The van der Waals surface area contributed by atoms with Crippen LogP contribution < -0.4 is 0 Å². The van der Waals surface area contributed by atoms with Crippen molar-refractivity contribution in [2.45, 2.75) is 20.3 Å². The van der Waals surface area contributed by atoms with E-state index in [4.69, 9.17) is 0 Å². The van der Waals surface area contributed by atoms with E-state index < -0.39 is 11.4 Å². The standard InChI is InChI=1S/C5H12F3NS/c1-3-5-9(4-2)10(6,7)8/h3-5H2,1-2H3. The number of hydrogen-bond donors (Lipinski definition) is 0. The molecule has 0 saturated heterocycles. The fraction of sp³-hybridized carbons (Fsp3) is 1.00. The lowest BCUT2D eigenvalue weighted by molar-refractivity contribution is 0.399. The zero-order valence-corrected chi connectivity index (χ0v) is 6.93. The Labute approximate surface area is 61.5 Å². The lowest BCUT2D eigenvalue weighted by atomic mass is 10.5. The van der Waals surface area contributed by atoms with Gasteiger partial charge in [0.2, 0.25) is 0 Å². The average Bonchev–Trinajstić information content (AvgIpc) is 1.80. The fourth-order valence-electron chi connectivity index (χ4n) is 0.657. The highest BCUT2D eigenvalue weighted by molar-refractivity contribution is 8.18. The fourth-order valence-corrected chi connectivity index (χ4v) is 1.34. The summed E-state index contributed by atoms with van der Waals surface area (Å²) < 4.78 is 36.3. The molecule has 5 heteroatoms. The SMILES string of the molecule is CCCN(CC)S(F)(F)F. The van der Waals surface area contributed by atoms with Crippen LogP contribution in [0.25, 0.3) is 0 Å². The topological polar surface area (TPSA) is 3.24 Å². The molecule has 0 radical (unpaired) electrons. The van der Waals surface area contributed by atoms with E-state index in [1.165, 1.54) is 6.92 Å². The highest BCUT2D eigenvalue weighted by Crippen LogP contribution is 2.56. The minimum absolute atomic E-state index is 0.0761.